The summed E-state index contributed by atoms with van der Waals surface area (Å²) in [6, 6.07) is -1.01. The standard InChI is InChI=1S/C55H103NO5/c1-3-5-7-9-11-13-15-16-17-18-19-20-21-22-23-24-25-26-27-28-29-30-31-32-33-34-35-36-37-39-41-43-45-47-49-53(59)55(61)56-51(50-57)54(60)52(58)48-46-44-42-40-38-14-12-10-8-6-4-2/h10,12,21-22,24-25,40,42,51-54,57-60H,3-9,11,13-20,23,26-39,41,43-50H2,1-2H3,(H,56,61)/b12-10+,22-21-,25-24-,42-40+. The van der Waals surface area contributed by atoms with Crippen molar-refractivity contribution in [2.75, 3.05) is 6.61 Å². The van der Waals surface area contributed by atoms with E-state index in [1.165, 1.54) is 180 Å². The van der Waals surface area contributed by atoms with E-state index >= 15 is 0 Å². The van der Waals surface area contributed by atoms with Crippen molar-refractivity contribution >= 4 is 5.91 Å². The topological polar surface area (TPSA) is 110 Å². The number of carbonyl (C=O) groups is 1. The highest BCUT2D eigenvalue weighted by molar-refractivity contribution is 5.80. The molecule has 6 heteroatoms. The van der Waals surface area contributed by atoms with Gasteiger partial charge in [-0.1, -0.05) is 236 Å². The van der Waals surface area contributed by atoms with Crippen LogP contribution in [0.1, 0.15) is 264 Å². The molecule has 1 amide bonds. The van der Waals surface area contributed by atoms with Crippen molar-refractivity contribution in [3.8, 4) is 0 Å². The number of aliphatic hydroxyl groups excluding tert-OH is 4. The summed E-state index contributed by atoms with van der Waals surface area (Å²) < 4.78 is 0. The molecule has 0 aromatic heterocycles. The summed E-state index contributed by atoms with van der Waals surface area (Å²) in [4.78, 5) is 12.5. The number of carbonyl (C=O) groups excluding carboxylic acids is 1. The molecule has 6 nitrogen and oxygen atoms in total. The van der Waals surface area contributed by atoms with Crippen LogP contribution in [0.3, 0.4) is 0 Å². The molecule has 358 valence electrons. The molecule has 61 heavy (non-hydrogen) atoms. The lowest BCUT2D eigenvalue weighted by Gasteiger charge is -2.27. The summed E-state index contributed by atoms with van der Waals surface area (Å²) >= 11 is 0. The number of allylic oxidation sites excluding steroid dienone is 8. The molecule has 0 aromatic carbocycles. The first-order chi connectivity index (χ1) is 30.0. The third kappa shape index (κ3) is 43.3. The second-order valence-electron chi connectivity index (χ2n) is 18.2. The Labute approximate surface area is 379 Å². The first-order valence-corrected chi connectivity index (χ1v) is 26.5. The number of unbranched alkanes of at least 4 members (excludes halogenated alkanes) is 31. The van der Waals surface area contributed by atoms with Gasteiger partial charge in [-0.3, -0.25) is 4.79 Å². The van der Waals surface area contributed by atoms with E-state index in [0.717, 1.165) is 51.4 Å². The molecule has 0 aliphatic heterocycles. The third-order valence-electron chi connectivity index (χ3n) is 12.2. The van der Waals surface area contributed by atoms with E-state index in [1.807, 2.05) is 0 Å². The van der Waals surface area contributed by atoms with E-state index in [1.54, 1.807) is 0 Å². The van der Waals surface area contributed by atoms with Gasteiger partial charge < -0.3 is 25.7 Å². The van der Waals surface area contributed by atoms with Gasteiger partial charge in [0.25, 0.3) is 0 Å². The smallest absolute Gasteiger partial charge is 0.249 e. The van der Waals surface area contributed by atoms with Crippen LogP contribution >= 0.6 is 0 Å². The molecule has 0 spiro atoms. The zero-order valence-electron chi connectivity index (χ0n) is 40.4. The van der Waals surface area contributed by atoms with Gasteiger partial charge in [0, 0.05) is 0 Å². The van der Waals surface area contributed by atoms with Crippen LogP contribution in [0, 0.1) is 0 Å². The van der Waals surface area contributed by atoms with Crippen LogP contribution in [-0.2, 0) is 4.79 Å². The quantitative estimate of drug-likeness (QED) is 0.0309. The molecule has 0 aromatic rings. The molecule has 4 atom stereocenters. The van der Waals surface area contributed by atoms with E-state index in [-0.39, 0.29) is 0 Å². The summed E-state index contributed by atoms with van der Waals surface area (Å²) in [6.45, 7) is 3.99. The van der Waals surface area contributed by atoms with E-state index in [2.05, 4.69) is 67.8 Å². The lowest BCUT2D eigenvalue weighted by molar-refractivity contribution is -0.132. The fourth-order valence-corrected chi connectivity index (χ4v) is 8.03. The number of hydrogen-bond donors (Lipinski definition) is 5. The van der Waals surface area contributed by atoms with Crippen LogP contribution in [0.15, 0.2) is 48.6 Å². The predicted octanol–water partition coefficient (Wildman–Crippen LogP) is 15.0. The van der Waals surface area contributed by atoms with Crippen LogP contribution in [0.4, 0.5) is 0 Å². The highest BCUT2D eigenvalue weighted by Crippen LogP contribution is 2.16. The van der Waals surface area contributed by atoms with Crippen molar-refractivity contribution in [2.24, 2.45) is 0 Å². The van der Waals surface area contributed by atoms with Crippen LogP contribution in [0.5, 0.6) is 0 Å². The second-order valence-corrected chi connectivity index (χ2v) is 18.2. The highest BCUT2D eigenvalue weighted by atomic mass is 16.3. The van der Waals surface area contributed by atoms with Gasteiger partial charge >= 0.3 is 0 Å². The molecule has 0 heterocycles. The fraction of sp³-hybridized carbons (Fsp3) is 0.836. The number of hydrogen-bond acceptors (Lipinski definition) is 5. The third-order valence-corrected chi connectivity index (χ3v) is 12.2. The molecule has 0 saturated carbocycles. The molecule has 0 bridgehead atoms. The van der Waals surface area contributed by atoms with Gasteiger partial charge in [0.1, 0.15) is 12.2 Å². The zero-order chi connectivity index (χ0) is 44.5. The Morgan fingerprint density at radius 1 is 0.410 bits per heavy atom. The summed E-state index contributed by atoms with van der Waals surface area (Å²) in [5.41, 5.74) is 0. The molecule has 0 rings (SSSR count). The van der Waals surface area contributed by atoms with E-state index < -0.39 is 36.9 Å². The number of amides is 1. The Kier molecular flexibility index (Phi) is 47.9. The Hall–Kier alpha value is -1.73. The second kappa shape index (κ2) is 49.3. The average molecular weight is 858 g/mol. The molecular formula is C55H103NO5. The first-order valence-electron chi connectivity index (χ1n) is 26.5. The Morgan fingerprint density at radius 2 is 0.754 bits per heavy atom. The van der Waals surface area contributed by atoms with Crippen molar-refractivity contribution in [1.29, 1.82) is 0 Å². The molecule has 0 fully saturated rings. The van der Waals surface area contributed by atoms with Crippen molar-refractivity contribution in [1.82, 2.24) is 5.32 Å². The van der Waals surface area contributed by atoms with Crippen molar-refractivity contribution in [3.63, 3.8) is 0 Å². The Balaban J connectivity index is 3.57. The highest BCUT2D eigenvalue weighted by Gasteiger charge is 2.28. The van der Waals surface area contributed by atoms with Gasteiger partial charge in [0.15, 0.2) is 0 Å². The minimum atomic E-state index is -1.29. The largest absolute Gasteiger partial charge is 0.394 e. The molecule has 0 radical (unpaired) electrons. The van der Waals surface area contributed by atoms with Crippen LogP contribution < -0.4 is 5.32 Å². The molecule has 4 unspecified atom stereocenters. The Bertz CT molecular complexity index is 1010. The minimum absolute atomic E-state index is 0.360. The van der Waals surface area contributed by atoms with Gasteiger partial charge in [0.2, 0.25) is 5.91 Å². The zero-order valence-corrected chi connectivity index (χ0v) is 40.4. The normalized spacial score (nSPS) is 14.3. The van der Waals surface area contributed by atoms with Crippen molar-refractivity contribution in [2.45, 2.75) is 289 Å². The van der Waals surface area contributed by atoms with Crippen LogP contribution in [-0.4, -0.2) is 57.3 Å². The minimum Gasteiger partial charge on any atom is -0.394 e. The van der Waals surface area contributed by atoms with Gasteiger partial charge in [-0.05, 0) is 77.0 Å². The summed E-state index contributed by atoms with van der Waals surface area (Å²) in [5.74, 6) is -0.598. The monoisotopic (exact) mass is 858 g/mol. The Morgan fingerprint density at radius 3 is 1.18 bits per heavy atom. The summed E-state index contributed by atoms with van der Waals surface area (Å²) in [6.07, 6.45) is 62.0. The van der Waals surface area contributed by atoms with Gasteiger partial charge in [-0.25, -0.2) is 0 Å². The van der Waals surface area contributed by atoms with E-state index in [9.17, 15) is 25.2 Å². The number of rotatable bonds is 48. The lowest BCUT2D eigenvalue weighted by atomic mass is 10.00. The summed E-state index contributed by atoms with van der Waals surface area (Å²) in [5, 5.41) is 43.6. The van der Waals surface area contributed by atoms with E-state index in [0.29, 0.717) is 19.3 Å². The maximum Gasteiger partial charge on any atom is 0.249 e. The van der Waals surface area contributed by atoms with Gasteiger partial charge in [0.05, 0.1) is 18.8 Å². The first kappa shape index (κ1) is 59.3. The van der Waals surface area contributed by atoms with Crippen LogP contribution in [0.2, 0.25) is 0 Å². The average Bonchev–Trinajstić information content (AvgIpc) is 3.26. The maximum absolute atomic E-state index is 12.5. The van der Waals surface area contributed by atoms with Crippen LogP contribution in [0.25, 0.3) is 0 Å². The molecule has 0 saturated heterocycles. The maximum atomic E-state index is 12.5. The number of nitrogens with one attached hydrogen (secondary N) is 1. The SMILES string of the molecule is CCCC/C=C/CC/C=C/CCCC(O)C(O)C(CO)NC(=O)C(O)CCCCCCCCCCCCCCCCCC/C=C\C/C=C\CCCCCCCCCCCCC. The van der Waals surface area contributed by atoms with Crippen molar-refractivity contribution < 1.29 is 25.2 Å². The fourth-order valence-electron chi connectivity index (χ4n) is 8.03. The predicted molar refractivity (Wildman–Crippen MR) is 265 cm³/mol. The molecular weight excluding hydrogens is 755 g/mol. The lowest BCUT2D eigenvalue weighted by Crippen LogP contribution is -2.53. The van der Waals surface area contributed by atoms with Crippen molar-refractivity contribution in [3.05, 3.63) is 48.6 Å². The molecule has 0 aliphatic rings. The number of aliphatic hydroxyl groups is 4. The van der Waals surface area contributed by atoms with Gasteiger partial charge in [-0.2, -0.15) is 0 Å². The van der Waals surface area contributed by atoms with Gasteiger partial charge in [-0.15, -0.1) is 0 Å². The molecule has 5 N–H and O–H groups in total. The summed E-state index contributed by atoms with van der Waals surface area (Å²) in [7, 11) is 0. The molecule has 0 aliphatic carbocycles. The van der Waals surface area contributed by atoms with E-state index in [4.69, 9.17) is 0 Å².